The highest BCUT2D eigenvalue weighted by Gasteiger charge is 2.27. The molecule has 0 saturated carbocycles. The van der Waals surface area contributed by atoms with Gasteiger partial charge in [-0.15, -0.1) is 0 Å². The Bertz CT molecular complexity index is 637. The van der Waals surface area contributed by atoms with E-state index in [1.165, 1.54) is 5.56 Å². The summed E-state index contributed by atoms with van der Waals surface area (Å²) in [5, 5.41) is 13.8. The Morgan fingerprint density at radius 1 is 1.29 bits per heavy atom. The summed E-state index contributed by atoms with van der Waals surface area (Å²) in [6.07, 6.45) is 4.88. The topological polar surface area (TPSA) is 57.7 Å². The Hall–Kier alpha value is -1.63. The smallest absolute Gasteiger partial charge is 0.118 e. The van der Waals surface area contributed by atoms with Crippen LogP contribution in [0.25, 0.3) is 0 Å². The van der Waals surface area contributed by atoms with Gasteiger partial charge in [0.05, 0.1) is 12.7 Å². The Morgan fingerprint density at radius 3 is 2.83 bits per heavy atom. The number of aliphatic hydroxyl groups excluding tert-OH is 1. The molecule has 0 amide bonds. The fourth-order valence-corrected chi connectivity index (χ4v) is 3.42. The molecule has 1 aliphatic heterocycles. The minimum Gasteiger partial charge on any atom is -0.465 e. The first-order chi connectivity index (χ1) is 11.7. The maximum Gasteiger partial charge on any atom is 0.118 e. The van der Waals surface area contributed by atoms with E-state index in [1.807, 2.05) is 23.9 Å². The van der Waals surface area contributed by atoms with Crippen LogP contribution in [0.4, 0.5) is 0 Å². The lowest BCUT2D eigenvalue weighted by Gasteiger charge is -2.41. The van der Waals surface area contributed by atoms with Gasteiger partial charge in [0, 0.05) is 57.1 Å². The first kappa shape index (κ1) is 17.2. The molecule has 1 atom stereocenters. The van der Waals surface area contributed by atoms with Crippen molar-refractivity contribution in [3.8, 4) is 0 Å². The van der Waals surface area contributed by atoms with Gasteiger partial charge < -0.3 is 9.52 Å². The third kappa shape index (κ3) is 4.26. The lowest BCUT2D eigenvalue weighted by molar-refractivity contribution is 0.0454. The third-order valence-corrected chi connectivity index (χ3v) is 4.72. The summed E-state index contributed by atoms with van der Waals surface area (Å²) in [5.74, 6) is 1.96. The van der Waals surface area contributed by atoms with Gasteiger partial charge in [-0.1, -0.05) is 0 Å². The minimum absolute atomic E-state index is 0.222. The van der Waals surface area contributed by atoms with Crippen molar-refractivity contribution >= 4 is 0 Å². The largest absolute Gasteiger partial charge is 0.465 e. The third-order valence-electron chi connectivity index (χ3n) is 4.72. The average molecular weight is 332 g/mol. The molecule has 1 saturated heterocycles. The van der Waals surface area contributed by atoms with Crippen molar-refractivity contribution in [1.82, 2.24) is 19.6 Å². The molecule has 24 heavy (non-hydrogen) atoms. The van der Waals surface area contributed by atoms with E-state index in [1.54, 1.807) is 0 Å². The standard InChI is InChI=1S/C18H28N4O2/c1-3-22-12-16(10-19-22)11-20-7-8-21(17(13-20)6-9-23)14-18-5-4-15(2)24-18/h4-5,10,12,17,23H,3,6-9,11,13-14H2,1-2H3. The summed E-state index contributed by atoms with van der Waals surface area (Å²) < 4.78 is 7.69. The molecule has 0 aliphatic carbocycles. The minimum atomic E-state index is 0.222. The second kappa shape index (κ2) is 7.96. The number of aromatic nitrogens is 2. The van der Waals surface area contributed by atoms with Gasteiger partial charge in [0.15, 0.2) is 0 Å². The van der Waals surface area contributed by atoms with Crippen LogP contribution in [0.15, 0.2) is 28.9 Å². The Balaban J connectivity index is 1.59. The fourth-order valence-electron chi connectivity index (χ4n) is 3.42. The number of nitrogens with zero attached hydrogens (tertiary/aromatic N) is 4. The molecule has 0 aromatic carbocycles. The predicted octanol–water partition coefficient (Wildman–Crippen LogP) is 1.87. The molecular formula is C18H28N4O2. The molecule has 1 unspecified atom stereocenters. The van der Waals surface area contributed by atoms with Crippen LogP contribution in [-0.2, 0) is 19.6 Å². The van der Waals surface area contributed by atoms with Crippen molar-refractivity contribution < 1.29 is 9.52 Å². The van der Waals surface area contributed by atoms with Gasteiger partial charge in [-0.05, 0) is 32.4 Å². The van der Waals surface area contributed by atoms with E-state index < -0.39 is 0 Å². The fraction of sp³-hybridized carbons (Fsp3) is 0.611. The molecule has 6 heteroatoms. The van der Waals surface area contributed by atoms with E-state index in [-0.39, 0.29) is 6.61 Å². The van der Waals surface area contributed by atoms with Crippen LogP contribution in [0.3, 0.4) is 0 Å². The quantitative estimate of drug-likeness (QED) is 0.839. The lowest BCUT2D eigenvalue weighted by Crippen LogP contribution is -2.52. The Labute approximate surface area is 143 Å². The highest BCUT2D eigenvalue weighted by atomic mass is 16.3. The van der Waals surface area contributed by atoms with Crippen LogP contribution < -0.4 is 0 Å². The zero-order chi connectivity index (χ0) is 16.9. The number of aliphatic hydroxyl groups is 1. The summed E-state index contributed by atoms with van der Waals surface area (Å²) >= 11 is 0. The molecule has 3 rings (SSSR count). The summed E-state index contributed by atoms with van der Waals surface area (Å²) in [7, 11) is 0. The van der Waals surface area contributed by atoms with Crippen molar-refractivity contribution in [3.63, 3.8) is 0 Å². The van der Waals surface area contributed by atoms with Crippen LogP contribution in [0, 0.1) is 6.92 Å². The molecule has 132 valence electrons. The van der Waals surface area contributed by atoms with Gasteiger partial charge in [0.25, 0.3) is 0 Å². The molecule has 1 N–H and O–H groups in total. The lowest BCUT2D eigenvalue weighted by atomic mass is 10.1. The van der Waals surface area contributed by atoms with E-state index in [0.29, 0.717) is 6.04 Å². The average Bonchev–Trinajstić information content (AvgIpc) is 3.19. The predicted molar refractivity (Wildman–Crippen MR) is 92.5 cm³/mol. The highest BCUT2D eigenvalue weighted by molar-refractivity contribution is 5.07. The van der Waals surface area contributed by atoms with Gasteiger partial charge in [-0.3, -0.25) is 14.5 Å². The number of rotatable bonds is 7. The van der Waals surface area contributed by atoms with Crippen LogP contribution in [0.2, 0.25) is 0 Å². The number of piperazine rings is 1. The summed E-state index contributed by atoms with van der Waals surface area (Å²) in [6, 6.07) is 4.42. The second-order valence-corrected chi connectivity index (χ2v) is 6.59. The van der Waals surface area contributed by atoms with Crippen molar-refractivity contribution in [2.45, 2.75) is 45.9 Å². The first-order valence-electron chi connectivity index (χ1n) is 8.82. The van der Waals surface area contributed by atoms with Gasteiger partial charge in [0.1, 0.15) is 11.5 Å². The van der Waals surface area contributed by atoms with Crippen LogP contribution in [0.1, 0.15) is 30.4 Å². The molecule has 1 fully saturated rings. The van der Waals surface area contributed by atoms with Gasteiger partial charge in [-0.25, -0.2) is 0 Å². The summed E-state index contributed by atoms with van der Waals surface area (Å²) in [4.78, 5) is 4.89. The molecule has 2 aromatic heterocycles. The normalized spacial score (nSPS) is 19.9. The summed E-state index contributed by atoms with van der Waals surface area (Å²) in [5.41, 5.74) is 1.26. The van der Waals surface area contributed by atoms with Crippen LogP contribution in [-0.4, -0.2) is 57.0 Å². The molecule has 0 spiro atoms. The highest BCUT2D eigenvalue weighted by Crippen LogP contribution is 2.19. The van der Waals surface area contributed by atoms with Crippen LogP contribution in [0.5, 0.6) is 0 Å². The molecule has 2 aromatic rings. The molecule has 1 aliphatic rings. The van der Waals surface area contributed by atoms with Crippen LogP contribution >= 0.6 is 0 Å². The first-order valence-corrected chi connectivity index (χ1v) is 8.82. The van der Waals surface area contributed by atoms with Gasteiger partial charge in [0.2, 0.25) is 0 Å². The second-order valence-electron chi connectivity index (χ2n) is 6.59. The zero-order valence-corrected chi connectivity index (χ0v) is 14.7. The van der Waals surface area contributed by atoms with Crippen molar-refractivity contribution in [2.24, 2.45) is 0 Å². The number of hydrogen-bond donors (Lipinski definition) is 1. The Kier molecular flexibility index (Phi) is 5.71. The van der Waals surface area contributed by atoms with E-state index in [2.05, 4.69) is 34.1 Å². The molecule has 3 heterocycles. The SMILES string of the molecule is CCn1cc(CN2CCN(Cc3ccc(C)o3)C(CCO)C2)cn1. The van der Waals surface area contributed by atoms with Crippen molar-refractivity contribution in [3.05, 3.63) is 41.6 Å². The van der Waals surface area contributed by atoms with E-state index in [0.717, 1.165) is 57.2 Å². The monoisotopic (exact) mass is 332 g/mol. The Morgan fingerprint density at radius 2 is 2.17 bits per heavy atom. The van der Waals surface area contributed by atoms with Crippen molar-refractivity contribution in [1.29, 1.82) is 0 Å². The zero-order valence-electron chi connectivity index (χ0n) is 14.7. The molecule has 0 bridgehead atoms. The summed E-state index contributed by atoms with van der Waals surface area (Å²) in [6.45, 7) is 9.94. The maximum absolute atomic E-state index is 9.44. The molecule has 6 nitrogen and oxygen atoms in total. The maximum atomic E-state index is 9.44. The van der Waals surface area contributed by atoms with Crippen molar-refractivity contribution in [2.75, 3.05) is 26.2 Å². The number of furan rings is 1. The van der Waals surface area contributed by atoms with Gasteiger partial charge in [-0.2, -0.15) is 5.10 Å². The van der Waals surface area contributed by atoms with E-state index >= 15 is 0 Å². The van der Waals surface area contributed by atoms with Gasteiger partial charge >= 0.3 is 0 Å². The number of hydrogen-bond acceptors (Lipinski definition) is 5. The van der Waals surface area contributed by atoms with E-state index in [9.17, 15) is 5.11 Å². The number of aryl methyl sites for hydroxylation is 2. The van der Waals surface area contributed by atoms with E-state index in [4.69, 9.17) is 4.42 Å². The molecular weight excluding hydrogens is 304 g/mol. The molecule has 0 radical (unpaired) electrons.